The Morgan fingerprint density at radius 2 is 2.07 bits per heavy atom. The van der Waals surface area contributed by atoms with Crippen molar-refractivity contribution in [3.8, 4) is 0 Å². The fourth-order valence-electron chi connectivity index (χ4n) is 1.18. The van der Waals surface area contributed by atoms with E-state index in [4.69, 9.17) is 16.3 Å². The number of hydrogen-bond donors (Lipinski definition) is 1. The molecule has 4 heteroatoms. The van der Waals surface area contributed by atoms with Gasteiger partial charge in [-0.2, -0.15) is 0 Å². The van der Waals surface area contributed by atoms with Gasteiger partial charge in [-0.1, -0.05) is 23.7 Å². The smallest absolute Gasteiger partial charge is 0.308 e. The molecule has 1 unspecified atom stereocenters. The molecule has 0 heterocycles. The van der Waals surface area contributed by atoms with Crippen LogP contribution < -0.4 is 0 Å². The number of carbonyl (C=O) groups is 1. The maximum Gasteiger partial charge on any atom is 0.308 e. The van der Waals surface area contributed by atoms with Crippen LogP contribution in [0.2, 0.25) is 5.02 Å². The van der Waals surface area contributed by atoms with Gasteiger partial charge in [0.05, 0.1) is 19.1 Å². The van der Waals surface area contributed by atoms with E-state index in [-0.39, 0.29) is 6.42 Å². The van der Waals surface area contributed by atoms with Gasteiger partial charge in [0.25, 0.3) is 0 Å². The van der Waals surface area contributed by atoms with E-state index < -0.39 is 12.1 Å². The summed E-state index contributed by atoms with van der Waals surface area (Å²) in [5.74, 6) is -0.403. The Kier molecular flexibility index (Phi) is 4.59. The van der Waals surface area contributed by atoms with E-state index in [1.54, 1.807) is 31.2 Å². The highest BCUT2D eigenvalue weighted by atomic mass is 35.5. The van der Waals surface area contributed by atoms with Crippen LogP contribution in [0.1, 0.15) is 25.0 Å². The van der Waals surface area contributed by atoms with Gasteiger partial charge < -0.3 is 9.84 Å². The lowest BCUT2D eigenvalue weighted by Crippen LogP contribution is -2.09. The molecule has 1 rings (SSSR count). The van der Waals surface area contributed by atoms with Crippen LogP contribution in [-0.4, -0.2) is 17.7 Å². The molecule has 15 heavy (non-hydrogen) atoms. The van der Waals surface area contributed by atoms with Crippen molar-refractivity contribution in [1.82, 2.24) is 0 Å². The minimum Gasteiger partial charge on any atom is -0.466 e. The Bertz CT molecular complexity index is 321. The molecule has 82 valence electrons. The number of carbonyl (C=O) groups excluding carboxylic acids is 1. The number of rotatable bonds is 4. The van der Waals surface area contributed by atoms with Crippen molar-refractivity contribution >= 4 is 17.6 Å². The molecule has 0 aromatic heterocycles. The van der Waals surface area contributed by atoms with Gasteiger partial charge in [0.1, 0.15) is 0 Å². The van der Waals surface area contributed by atoms with Crippen molar-refractivity contribution in [1.29, 1.82) is 0 Å². The quantitative estimate of drug-likeness (QED) is 0.805. The number of esters is 1. The molecule has 0 aliphatic rings. The number of aliphatic hydroxyl groups excluding tert-OH is 1. The van der Waals surface area contributed by atoms with E-state index in [1.807, 2.05) is 0 Å². The summed E-state index contributed by atoms with van der Waals surface area (Å²) in [5, 5.41) is 10.3. The van der Waals surface area contributed by atoms with E-state index in [0.717, 1.165) is 0 Å². The van der Waals surface area contributed by atoms with Crippen molar-refractivity contribution < 1.29 is 14.6 Å². The lowest BCUT2D eigenvalue weighted by molar-refractivity contribution is -0.145. The van der Waals surface area contributed by atoms with Gasteiger partial charge in [-0.15, -0.1) is 0 Å². The summed E-state index contributed by atoms with van der Waals surface area (Å²) in [6.07, 6.45) is -0.864. The molecule has 0 aliphatic carbocycles. The molecule has 3 nitrogen and oxygen atoms in total. The maximum atomic E-state index is 11.1. The zero-order valence-corrected chi connectivity index (χ0v) is 9.20. The Morgan fingerprint density at radius 3 is 2.60 bits per heavy atom. The minimum absolute atomic E-state index is 0.0323. The lowest BCUT2D eigenvalue weighted by atomic mass is 10.1. The fourth-order valence-corrected chi connectivity index (χ4v) is 1.31. The maximum absolute atomic E-state index is 11.1. The summed E-state index contributed by atoms with van der Waals surface area (Å²) < 4.78 is 4.73. The normalized spacial score (nSPS) is 12.2. The molecule has 0 saturated heterocycles. The van der Waals surface area contributed by atoms with E-state index in [2.05, 4.69) is 0 Å². The summed E-state index contributed by atoms with van der Waals surface area (Å²) in [6, 6.07) is 6.72. The van der Waals surface area contributed by atoms with Crippen molar-refractivity contribution in [2.45, 2.75) is 19.4 Å². The lowest BCUT2D eigenvalue weighted by Gasteiger charge is -2.09. The highest BCUT2D eigenvalue weighted by Gasteiger charge is 2.13. The zero-order chi connectivity index (χ0) is 11.3. The molecule has 0 aliphatic heterocycles. The molecule has 0 spiro atoms. The van der Waals surface area contributed by atoms with Crippen molar-refractivity contribution in [3.63, 3.8) is 0 Å². The van der Waals surface area contributed by atoms with E-state index in [0.29, 0.717) is 17.2 Å². The standard InChI is InChI=1S/C11H13ClO3/c1-2-15-11(14)7-10(13)8-3-5-9(12)6-4-8/h3-6,10,13H,2,7H2,1H3. The zero-order valence-electron chi connectivity index (χ0n) is 8.44. The summed E-state index contributed by atoms with van der Waals surface area (Å²) in [5.41, 5.74) is 0.660. The van der Waals surface area contributed by atoms with Crippen LogP contribution in [0.3, 0.4) is 0 Å². The summed E-state index contributed by atoms with van der Waals surface area (Å²) in [4.78, 5) is 11.1. The number of aliphatic hydroxyl groups is 1. The number of halogens is 1. The van der Waals surface area contributed by atoms with Gasteiger partial charge >= 0.3 is 5.97 Å². The average Bonchev–Trinajstić information content (AvgIpc) is 2.18. The molecule has 0 amide bonds. The Morgan fingerprint density at radius 1 is 1.47 bits per heavy atom. The van der Waals surface area contributed by atoms with Crippen LogP contribution >= 0.6 is 11.6 Å². The number of hydrogen-bond acceptors (Lipinski definition) is 3. The summed E-state index contributed by atoms with van der Waals surface area (Å²) >= 11 is 5.70. The van der Waals surface area contributed by atoms with E-state index in [9.17, 15) is 9.90 Å². The molecule has 0 bridgehead atoms. The second-order valence-corrected chi connectivity index (χ2v) is 3.51. The monoisotopic (exact) mass is 228 g/mol. The first-order chi connectivity index (χ1) is 7.13. The first-order valence-electron chi connectivity index (χ1n) is 4.72. The second-order valence-electron chi connectivity index (χ2n) is 3.08. The van der Waals surface area contributed by atoms with Crippen LogP contribution in [0.4, 0.5) is 0 Å². The Hall–Kier alpha value is -1.06. The predicted octanol–water partition coefficient (Wildman–Crippen LogP) is 2.33. The second kappa shape index (κ2) is 5.73. The third kappa shape index (κ3) is 3.90. The number of ether oxygens (including phenoxy) is 1. The van der Waals surface area contributed by atoms with Crippen molar-refractivity contribution in [2.75, 3.05) is 6.61 Å². The van der Waals surface area contributed by atoms with Crippen LogP contribution in [0.15, 0.2) is 24.3 Å². The first-order valence-corrected chi connectivity index (χ1v) is 5.10. The van der Waals surface area contributed by atoms with Gasteiger partial charge in [-0.25, -0.2) is 0 Å². The molecule has 0 fully saturated rings. The van der Waals surface area contributed by atoms with Crippen molar-refractivity contribution in [3.05, 3.63) is 34.9 Å². The molecular formula is C11H13ClO3. The minimum atomic E-state index is -0.832. The van der Waals surface area contributed by atoms with Gasteiger partial charge in [0.15, 0.2) is 0 Å². The molecule has 1 aromatic rings. The van der Waals surface area contributed by atoms with Gasteiger partial charge in [-0.05, 0) is 24.6 Å². The summed E-state index contributed by atoms with van der Waals surface area (Å²) in [7, 11) is 0. The van der Waals surface area contributed by atoms with Crippen LogP contribution in [-0.2, 0) is 9.53 Å². The van der Waals surface area contributed by atoms with E-state index in [1.165, 1.54) is 0 Å². The first kappa shape index (κ1) is 12.0. The predicted molar refractivity (Wildman–Crippen MR) is 57.7 cm³/mol. The van der Waals surface area contributed by atoms with Gasteiger partial charge in [-0.3, -0.25) is 4.79 Å². The van der Waals surface area contributed by atoms with Gasteiger partial charge in [0, 0.05) is 5.02 Å². The van der Waals surface area contributed by atoms with E-state index >= 15 is 0 Å². The fraction of sp³-hybridized carbons (Fsp3) is 0.364. The van der Waals surface area contributed by atoms with Crippen LogP contribution in [0.25, 0.3) is 0 Å². The third-order valence-corrected chi connectivity index (χ3v) is 2.17. The summed E-state index contributed by atoms with van der Waals surface area (Å²) in [6.45, 7) is 2.05. The van der Waals surface area contributed by atoms with Gasteiger partial charge in [0.2, 0.25) is 0 Å². The molecule has 1 N–H and O–H groups in total. The number of benzene rings is 1. The topological polar surface area (TPSA) is 46.5 Å². The SMILES string of the molecule is CCOC(=O)CC(O)c1ccc(Cl)cc1. The largest absolute Gasteiger partial charge is 0.466 e. The highest BCUT2D eigenvalue weighted by Crippen LogP contribution is 2.19. The Labute approximate surface area is 93.6 Å². The molecule has 1 atom stereocenters. The molecule has 0 saturated carbocycles. The van der Waals surface area contributed by atoms with Crippen LogP contribution in [0.5, 0.6) is 0 Å². The van der Waals surface area contributed by atoms with Crippen molar-refractivity contribution in [2.24, 2.45) is 0 Å². The van der Waals surface area contributed by atoms with Crippen LogP contribution in [0, 0.1) is 0 Å². The third-order valence-electron chi connectivity index (χ3n) is 1.92. The molecule has 0 radical (unpaired) electrons. The molecule has 1 aromatic carbocycles. The average molecular weight is 229 g/mol. The highest BCUT2D eigenvalue weighted by molar-refractivity contribution is 6.30. The Balaban J connectivity index is 2.57. The molecular weight excluding hydrogens is 216 g/mol.